The van der Waals surface area contributed by atoms with Crippen molar-refractivity contribution in [2.24, 2.45) is 29.1 Å². The Morgan fingerprint density at radius 2 is 1.71 bits per heavy atom. The summed E-state index contributed by atoms with van der Waals surface area (Å²) in [7, 11) is 4.03. The number of likely N-dealkylation sites (N-methyl/N-ethyl adjacent to an activating group) is 1. The predicted octanol–water partition coefficient (Wildman–Crippen LogP) is 5.12. The molecule has 2 aromatic carbocycles. The smallest absolute Gasteiger partial charge is 0.257 e. The van der Waals surface area contributed by atoms with Crippen LogP contribution in [0.25, 0.3) is 11.1 Å². The quantitative estimate of drug-likeness (QED) is 0.306. The van der Waals surface area contributed by atoms with Crippen LogP contribution >= 0.6 is 0 Å². The molecule has 1 saturated heterocycles. The molecule has 45 heavy (non-hydrogen) atoms. The number of fused-ring (bicyclic) bond motifs is 2. The molecule has 0 spiro atoms. The Balaban J connectivity index is 1.25. The molecule has 6 rings (SSSR count). The number of rotatable bonds is 12. The van der Waals surface area contributed by atoms with Crippen LogP contribution in [-0.4, -0.2) is 78.4 Å². The maximum Gasteiger partial charge on any atom is 0.257 e. The first-order chi connectivity index (χ1) is 21.4. The summed E-state index contributed by atoms with van der Waals surface area (Å²) in [6, 6.07) is 16.2. The van der Waals surface area contributed by atoms with Crippen LogP contribution in [0.15, 0.2) is 48.5 Å². The van der Waals surface area contributed by atoms with E-state index in [2.05, 4.69) is 56.2 Å². The Morgan fingerprint density at radius 3 is 2.31 bits per heavy atom. The molecule has 3 aliphatic carbocycles. The van der Waals surface area contributed by atoms with Crippen molar-refractivity contribution < 1.29 is 19.5 Å². The standard InChI is InChI=1S/C37H54N4O4/c1-8-29-21-41(45-37(29,23-42)35(44)38-32-18-30-17-31(19-32)36(30,4)5)20-25-11-9-12-26(15-25)27-13-10-14-28(16-27)34(43)39-33(24(2)3)22-40(6)7/h9-16,24,29-33,42H,8,17-23H2,1-7H3,(H,38,44)(H,39,43)/t29-,30-,31+,32+,33-,37+/m0/s1. The van der Waals surface area contributed by atoms with E-state index in [1.807, 2.05) is 61.6 Å². The Bertz CT molecular complexity index is 1350. The van der Waals surface area contributed by atoms with Gasteiger partial charge in [-0.1, -0.05) is 65.0 Å². The van der Waals surface area contributed by atoms with Gasteiger partial charge in [0.25, 0.3) is 11.8 Å². The van der Waals surface area contributed by atoms with Gasteiger partial charge in [0.2, 0.25) is 0 Å². The molecule has 0 aromatic heterocycles. The van der Waals surface area contributed by atoms with E-state index in [-0.39, 0.29) is 36.4 Å². The molecule has 8 nitrogen and oxygen atoms in total. The van der Waals surface area contributed by atoms with Crippen LogP contribution in [0.5, 0.6) is 0 Å². The molecule has 2 amide bonds. The van der Waals surface area contributed by atoms with Crippen LogP contribution in [0, 0.1) is 29.1 Å². The molecule has 3 N–H and O–H groups in total. The van der Waals surface area contributed by atoms with Gasteiger partial charge in [0.1, 0.15) is 0 Å². The topological polar surface area (TPSA) is 94.1 Å². The lowest BCUT2D eigenvalue weighted by Crippen LogP contribution is -2.60. The molecular formula is C37H54N4O4. The zero-order valence-corrected chi connectivity index (χ0v) is 28.3. The molecule has 0 unspecified atom stereocenters. The molecular weight excluding hydrogens is 564 g/mol. The first-order valence-corrected chi connectivity index (χ1v) is 16.9. The van der Waals surface area contributed by atoms with Gasteiger partial charge in [-0.15, -0.1) is 0 Å². The molecule has 6 atom stereocenters. The van der Waals surface area contributed by atoms with Crippen molar-refractivity contribution in [1.82, 2.24) is 20.6 Å². The fourth-order valence-electron chi connectivity index (χ4n) is 7.84. The van der Waals surface area contributed by atoms with Gasteiger partial charge in [0.05, 0.1) is 6.61 Å². The highest BCUT2D eigenvalue weighted by molar-refractivity contribution is 5.95. The van der Waals surface area contributed by atoms with Crippen molar-refractivity contribution in [1.29, 1.82) is 0 Å². The second-order valence-electron chi connectivity index (χ2n) is 15.0. The molecule has 2 bridgehead atoms. The Hall–Kier alpha value is -2.78. The molecule has 4 fully saturated rings. The zero-order chi connectivity index (χ0) is 32.5. The third kappa shape index (κ3) is 6.99. The normalized spacial score (nSPS) is 28.1. The van der Waals surface area contributed by atoms with Crippen molar-refractivity contribution in [3.63, 3.8) is 0 Å². The minimum absolute atomic E-state index is 0.0560. The summed E-state index contributed by atoms with van der Waals surface area (Å²) in [5, 5.41) is 18.9. The average Bonchev–Trinajstić information content (AvgIpc) is 3.39. The maximum atomic E-state index is 13.7. The predicted molar refractivity (Wildman–Crippen MR) is 178 cm³/mol. The second-order valence-corrected chi connectivity index (χ2v) is 15.0. The summed E-state index contributed by atoms with van der Waals surface area (Å²) in [6.07, 6.45) is 4.00. The third-order valence-corrected chi connectivity index (χ3v) is 11.1. The van der Waals surface area contributed by atoms with Gasteiger partial charge < -0.3 is 20.6 Å². The van der Waals surface area contributed by atoms with Crippen LogP contribution in [0.4, 0.5) is 0 Å². The van der Waals surface area contributed by atoms with Crippen molar-refractivity contribution in [3.05, 3.63) is 59.7 Å². The number of aliphatic hydroxyl groups excluding tert-OH is 1. The number of hydroxylamine groups is 2. The number of amides is 2. The largest absolute Gasteiger partial charge is 0.393 e. The third-order valence-electron chi connectivity index (χ3n) is 11.1. The van der Waals surface area contributed by atoms with Crippen molar-refractivity contribution in [3.8, 4) is 11.1 Å². The molecule has 4 aliphatic rings. The number of hydrogen-bond acceptors (Lipinski definition) is 6. The van der Waals surface area contributed by atoms with Gasteiger partial charge in [0, 0.05) is 43.2 Å². The fourth-order valence-corrected chi connectivity index (χ4v) is 7.84. The van der Waals surface area contributed by atoms with E-state index in [4.69, 9.17) is 4.84 Å². The highest BCUT2D eigenvalue weighted by atomic mass is 16.7. The van der Waals surface area contributed by atoms with Gasteiger partial charge in [0.15, 0.2) is 5.60 Å². The van der Waals surface area contributed by atoms with E-state index in [0.29, 0.717) is 41.8 Å². The first kappa shape index (κ1) is 33.6. The zero-order valence-electron chi connectivity index (χ0n) is 28.3. The van der Waals surface area contributed by atoms with Gasteiger partial charge >= 0.3 is 0 Å². The van der Waals surface area contributed by atoms with E-state index in [1.165, 1.54) is 6.42 Å². The van der Waals surface area contributed by atoms with E-state index in [9.17, 15) is 14.7 Å². The molecule has 1 heterocycles. The Kier molecular flexibility index (Phi) is 10.1. The van der Waals surface area contributed by atoms with E-state index >= 15 is 0 Å². The van der Waals surface area contributed by atoms with Crippen LogP contribution in [-0.2, 0) is 16.2 Å². The lowest BCUT2D eigenvalue weighted by molar-refractivity contribution is -0.217. The molecule has 246 valence electrons. The van der Waals surface area contributed by atoms with Crippen molar-refractivity contribution >= 4 is 11.8 Å². The van der Waals surface area contributed by atoms with E-state index in [0.717, 1.165) is 42.5 Å². The molecule has 8 heteroatoms. The summed E-state index contributed by atoms with van der Waals surface area (Å²) in [6.45, 7) is 12.5. The number of carbonyl (C=O) groups is 2. The lowest BCUT2D eigenvalue weighted by Gasteiger charge is -2.59. The monoisotopic (exact) mass is 618 g/mol. The molecule has 3 saturated carbocycles. The second kappa shape index (κ2) is 13.5. The minimum atomic E-state index is -1.27. The van der Waals surface area contributed by atoms with E-state index in [1.54, 1.807) is 0 Å². The van der Waals surface area contributed by atoms with Gasteiger partial charge in [-0.25, -0.2) is 0 Å². The number of nitrogens with zero attached hydrogens (tertiary/aromatic N) is 2. The summed E-state index contributed by atoms with van der Waals surface area (Å²) < 4.78 is 0. The van der Waals surface area contributed by atoms with Crippen LogP contribution in [0.3, 0.4) is 0 Å². The van der Waals surface area contributed by atoms with E-state index < -0.39 is 5.60 Å². The number of nitrogens with one attached hydrogen (secondary N) is 2. The van der Waals surface area contributed by atoms with Crippen LogP contribution in [0.2, 0.25) is 0 Å². The van der Waals surface area contributed by atoms with Crippen molar-refractivity contribution in [2.75, 3.05) is 33.8 Å². The Labute approximate surface area is 269 Å². The SMILES string of the molecule is CC[C@H]1CN(Cc2cccc(-c3cccc(C(=O)N[C@@H](CN(C)C)C(C)C)c3)c2)O[C@@]1(CO)C(=O)N[C@@H]1C[C@@H]2C[C@H](C1)C2(C)C. The Morgan fingerprint density at radius 1 is 1.04 bits per heavy atom. The highest BCUT2D eigenvalue weighted by Gasteiger charge is 2.56. The number of carbonyl (C=O) groups excluding carboxylic acids is 2. The van der Waals surface area contributed by atoms with Gasteiger partial charge in [-0.3, -0.25) is 14.4 Å². The number of aliphatic hydroxyl groups is 1. The molecule has 2 aromatic rings. The molecule has 0 radical (unpaired) electrons. The van der Waals surface area contributed by atoms with Crippen LogP contribution in [0.1, 0.15) is 76.2 Å². The number of benzene rings is 2. The number of hydrogen-bond donors (Lipinski definition) is 3. The summed E-state index contributed by atoms with van der Waals surface area (Å²) in [5.74, 6) is 1.25. The summed E-state index contributed by atoms with van der Waals surface area (Å²) >= 11 is 0. The fraction of sp³-hybridized carbons (Fsp3) is 0.622. The lowest BCUT2D eigenvalue weighted by atomic mass is 9.48. The van der Waals surface area contributed by atoms with Gasteiger partial charge in [-0.2, -0.15) is 5.06 Å². The highest BCUT2D eigenvalue weighted by Crippen LogP contribution is 2.59. The summed E-state index contributed by atoms with van der Waals surface area (Å²) in [4.78, 5) is 35.4. The summed E-state index contributed by atoms with van der Waals surface area (Å²) in [5.41, 5.74) is 2.73. The maximum absolute atomic E-state index is 13.7. The van der Waals surface area contributed by atoms with Crippen LogP contribution < -0.4 is 10.6 Å². The van der Waals surface area contributed by atoms with Crippen molar-refractivity contribution in [2.45, 2.75) is 84.5 Å². The minimum Gasteiger partial charge on any atom is -0.393 e. The first-order valence-electron chi connectivity index (χ1n) is 16.9. The van der Waals surface area contributed by atoms with Gasteiger partial charge in [-0.05, 0) is 97.8 Å². The average molecular weight is 619 g/mol. The molecule has 1 aliphatic heterocycles.